The predicted octanol–water partition coefficient (Wildman–Crippen LogP) is 2.43. The van der Waals surface area contributed by atoms with Gasteiger partial charge >= 0.3 is 0 Å². The summed E-state index contributed by atoms with van der Waals surface area (Å²) in [6, 6.07) is 8.44. The van der Waals surface area contributed by atoms with Gasteiger partial charge in [0.05, 0.1) is 16.9 Å². The van der Waals surface area contributed by atoms with E-state index in [1.165, 1.54) is 31.4 Å². The van der Waals surface area contributed by atoms with Crippen molar-refractivity contribution in [1.29, 1.82) is 0 Å². The van der Waals surface area contributed by atoms with Crippen LogP contribution < -0.4 is 9.64 Å². The first-order valence-electron chi connectivity index (χ1n) is 9.94. The molecule has 2 aromatic rings. The van der Waals surface area contributed by atoms with Crippen LogP contribution in [0.15, 0.2) is 41.3 Å². The summed E-state index contributed by atoms with van der Waals surface area (Å²) in [5, 5.41) is 11.5. The maximum absolute atomic E-state index is 13.8. The number of anilines is 1. The van der Waals surface area contributed by atoms with Crippen molar-refractivity contribution in [2.24, 2.45) is 0 Å². The lowest BCUT2D eigenvalue weighted by Gasteiger charge is -2.36. The number of hydrogen-bond acceptors (Lipinski definition) is 7. The number of amides is 1. The Morgan fingerprint density at radius 2 is 1.84 bits per heavy atom. The van der Waals surface area contributed by atoms with Crippen LogP contribution in [0.3, 0.4) is 0 Å². The van der Waals surface area contributed by atoms with Crippen molar-refractivity contribution in [2.45, 2.75) is 17.7 Å². The second kappa shape index (κ2) is 9.51. The molecular weight excluding hydrogens is 441 g/mol. The molecule has 0 radical (unpaired) electrons. The first kappa shape index (κ1) is 23.5. The molecule has 1 aliphatic heterocycles. The van der Waals surface area contributed by atoms with E-state index < -0.39 is 20.6 Å². The van der Waals surface area contributed by atoms with E-state index in [1.807, 2.05) is 0 Å². The van der Waals surface area contributed by atoms with E-state index >= 15 is 0 Å². The van der Waals surface area contributed by atoms with Crippen LogP contribution in [0, 0.1) is 15.9 Å². The van der Waals surface area contributed by atoms with Crippen LogP contribution in [-0.4, -0.2) is 63.7 Å². The minimum absolute atomic E-state index is 0.0807. The number of carbonyl (C=O) groups is 1. The van der Waals surface area contributed by atoms with Crippen LogP contribution in [0.5, 0.6) is 5.75 Å². The van der Waals surface area contributed by atoms with Gasteiger partial charge in [-0.25, -0.2) is 12.8 Å². The standard InChI is InChI=1S/C21H24FN3O6S/c1-31-20-7-3-15(13-17(20)22)4-8-21(26)24-11-9-23(10-12-24)18-6-5-16(32(2,29)30)14-19(18)25(27)28/h3,5-7,13-14H,4,8-12H2,1-2H3. The molecule has 0 atom stereocenters. The van der Waals surface area contributed by atoms with Crippen LogP contribution in [0.25, 0.3) is 0 Å². The highest BCUT2D eigenvalue weighted by Gasteiger charge is 2.27. The fourth-order valence-corrected chi connectivity index (χ4v) is 4.26. The average Bonchev–Trinajstić information content (AvgIpc) is 2.76. The van der Waals surface area contributed by atoms with E-state index in [0.717, 1.165) is 12.3 Å². The SMILES string of the molecule is COc1ccc(CCC(=O)N2CCN(c3ccc(S(C)(=O)=O)cc3[N+](=O)[O-])CC2)cc1F. The molecule has 0 saturated carbocycles. The molecule has 0 spiro atoms. The zero-order valence-electron chi connectivity index (χ0n) is 17.8. The minimum Gasteiger partial charge on any atom is -0.494 e. The highest BCUT2D eigenvalue weighted by molar-refractivity contribution is 7.90. The van der Waals surface area contributed by atoms with Gasteiger partial charge in [0.2, 0.25) is 5.91 Å². The van der Waals surface area contributed by atoms with Gasteiger partial charge in [0.25, 0.3) is 5.69 Å². The van der Waals surface area contributed by atoms with E-state index in [0.29, 0.717) is 43.9 Å². The smallest absolute Gasteiger partial charge is 0.293 e. The highest BCUT2D eigenvalue weighted by atomic mass is 32.2. The molecule has 0 bridgehead atoms. The summed E-state index contributed by atoms with van der Waals surface area (Å²) in [6.45, 7) is 1.51. The van der Waals surface area contributed by atoms with Gasteiger partial charge in [0, 0.05) is 44.9 Å². The van der Waals surface area contributed by atoms with Crippen LogP contribution in [0.1, 0.15) is 12.0 Å². The van der Waals surface area contributed by atoms with Gasteiger partial charge in [-0.05, 0) is 36.2 Å². The van der Waals surface area contributed by atoms with Crippen molar-refractivity contribution in [3.63, 3.8) is 0 Å². The number of hydrogen-bond donors (Lipinski definition) is 0. The summed E-state index contributed by atoms with van der Waals surface area (Å²) in [6.07, 6.45) is 1.60. The molecule has 3 rings (SSSR count). The number of benzene rings is 2. The van der Waals surface area contributed by atoms with Gasteiger partial charge in [0.15, 0.2) is 21.4 Å². The quantitative estimate of drug-likeness (QED) is 0.456. The normalized spacial score (nSPS) is 14.3. The molecule has 2 aromatic carbocycles. The third-order valence-electron chi connectivity index (χ3n) is 5.39. The van der Waals surface area contributed by atoms with Crippen LogP contribution in [-0.2, 0) is 21.1 Å². The molecule has 32 heavy (non-hydrogen) atoms. The molecule has 0 aliphatic carbocycles. The maximum Gasteiger partial charge on any atom is 0.293 e. The number of sulfone groups is 1. The molecule has 1 heterocycles. The van der Waals surface area contributed by atoms with Gasteiger partial charge in [-0.1, -0.05) is 6.07 Å². The molecule has 1 saturated heterocycles. The number of halogens is 1. The molecule has 172 valence electrons. The lowest BCUT2D eigenvalue weighted by atomic mass is 10.1. The van der Waals surface area contributed by atoms with Crippen LogP contribution >= 0.6 is 0 Å². The fourth-order valence-electron chi connectivity index (χ4n) is 3.62. The van der Waals surface area contributed by atoms with Crippen LogP contribution in [0.4, 0.5) is 15.8 Å². The van der Waals surface area contributed by atoms with Gasteiger partial charge in [-0.15, -0.1) is 0 Å². The molecule has 1 amide bonds. The van der Waals surface area contributed by atoms with E-state index in [1.54, 1.807) is 15.9 Å². The third kappa shape index (κ3) is 5.34. The molecular formula is C21H24FN3O6S. The van der Waals surface area contributed by atoms with Gasteiger partial charge in [0.1, 0.15) is 5.69 Å². The number of nitro groups is 1. The summed E-state index contributed by atoms with van der Waals surface area (Å²) >= 11 is 0. The number of ether oxygens (including phenoxy) is 1. The largest absolute Gasteiger partial charge is 0.494 e. The number of carbonyl (C=O) groups excluding carboxylic acids is 1. The van der Waals surface area contributed by atoms with E-state index in [2.05, 4.69) is 0 Å². The molecule has 0 aromatic heterocycles. The first-order valence-corrected chi connectivity index (χ1v) is 11.8. The van der Waals surface area contributed by atoms with Crippen LogP contribution in [0.2, 0.25) is 0 Å². The molecule has 0 N–H and O–H groups in total. The fraction of sp³-hybridized carbons (Fsp3) is 0.381. The molecule has 9 nitrogen and oxygen atoms in total. The van der Waals surface area contributed by atoms with Crippen molar-refractivity contribution in [3.05, 3.63) is 57.9 Å². The Kier molecular flexibility index (Phi) is 6.97. The lowest BCUT2D eigenvalue weighted by Crippen LogP contribution is -2.49. The second-order valence-electron chi connectivity index (χ2n) is 7.52. The Hall–Kier alpha value is -3.21. The van der Waals surface area contributed by atoms with Crippen molar-refractivity contribution >= 4 is 27.1 Å². The zero-order valence-corrected chi connectivity index (χ0v) is 18.6. The number of methoxy groups -OCH3 is 1. The predicted molar refractivity (Wildman–Crippen MR) is 116 cm³/mol. The Morgan fingerprint density at radius 1 is 1.16 bits per heavy atom. The average molecular weight is 466 g/mol. The number of piperazine rings is 1. The first-order chi connectivity index (χ1) is 15.1. The Bertz CT molecular complexity index is 1130. The summed E-state index contributed by atoms with van der Waals surface area (Å²) < 4.78 is 42.1. The van der Waals surface area contributed by atoms with Gasteiger partial charge < -0.3 is 14.5 Å². The van der Waals surface area contributed by atoms with E-state index in [4.69, 9.17) is 4.74 Å². The Balaban J connectivity index is 1.61. The monoisotopic (exact) mass is 465 g/mol. The van der Waals surface area contributed by atoms with Crippen molar-refractivity contribution in [1.82, 2.24) is 4.90 Å². The Morgan fingerprint density at radius 3 is 2.41 bits per heavy atom. The number of rotatable bonds is 7. The van der Waals surface area contributed by atoms with Crippen molar-refractivity contribution in [2.75, 3.05) is 44.4 Å². The second-order valence-corrected chi connectivity index (χ2v) is 9.53. The van der Waals surface area contributed by atoms with Gasteiger partial charge in [-0.2, -0.15) is 0 Å². The summed E-state index contributed by atoms with van der Waals surface area (Å²) in [5.74, 6) is -0.410. The molecule has 0 unspecified atom stereocenters. The molecule has 1 fully saturated rings. The van der Waals surface area contributed by atoms with Gasteiger partial charge in [-0.3, -0.25) is 14.9 Å². The zero-order chi connectivity index (χ0) is 23.5. The summed E-state index contributed by atoms with van der Waals surface area (Å²) in [7, 11) is -2.18. The minimum atomic E-state index is -3.57. The van der Waals surface area contributed by atoms with E-state index in [9.17, 15) is 27.7 Å². The molecule has 11 heteroatoms. The number of aryl methyl sites for hydroxylation is 1. The van der Waals surface area contributed by atoms with E-state index in [-0.39, 0.29) is 28.7 Å². The number of nitrogens with zero attached hydrogens (tertiary/aromatic N) is 3. The lowest BCUT2D eigenvalue weighted by molar-refractivity contribution is -0.384. The summed E-state index contributed by atoms with van der Waals surface area (Å²) in [5.41, 5.74) is 0.731. The molecule has 1 aliphatic rings. The maximum atomic E-state index is 13.8. The van der Waals surface area contributed by atoms with Crippen molar-refractivity contribution < 1.29 is 27.3 Å². The third-order valence-corrected chi connectivity index (χ3v) is 6.50. The van der Waals surface area contributed by atoms with Crippen molar-refractivity contribution in [3.8, 4) is 5.75 Å². The number of nitro benzene ring substituents is 1. The summed E-state index contributed by atoms with van der Waals surface area (Å²) in [4.78, 5) is 26.8. The Labute approximate surface area is 185 Å². The highest BCUT2D eigenvalue weighted by Crippen LogP contribution is 2.31. The topological polar surface area (TPSA) is 110 Å².